The van der Waals surface area contributed by atoms with Crippen molar-refractivity contribution in [1.29, 1.82) is 0 Å². The monoisotopic (exact) mass is 317 g/mol. The molecule has 17 heavy (non-hydrogen) atoms. The summed E-state index contributed by atoms with van der Waals surface area (Å²) in [6.45, 7) is 7.67. The minimum atomic E-state index is 0.332. The van der Waals surface area contributed by atoms with Gasteiger partial charge in [0.15, 0.2) is 0 Å². The van der Waals surface area contributed by atoms with Crippen LogP contribution in [-0.4, -0.2) is 24.2 Å². The van der Waals surface area contributed by atoms with Crippen molar-refractivity contribution in [2.24, 2.45) is 0 Å². The number of thioether (sulfide) groups is 1. The lowest BCUT2D eigenvalue weighted by Crippen LogP contribution is -2.12. The summed E-state index contributed by atoms with van der Waals surface area (Å²) in [5.74, 6) is 1.96. The van der Waals surface area contributed by atoms with Gasteiger partial charge in [0.25, 0.3) is 0 Å². The molecule has 1 aromatic rings. The van der Waals surface area contributed by atoms with Crippen LogP contribution in [-0.2, 0) is 0 Å². The second kappa shape index (κ2) is 6.55. The minimum absolute atomic E-state index is 0.332. The van der Waals surface area contributed by atoms with Crippen molar-refractivity contribution in [3.63, 3.8) is 0 Å². The van der Waals surface area contributed by atoms with Gasteiger partial charge < -0.3 is 10.1 Å². The Hall–Kier alpha value is -0.350. The maximum atomic E-state index is 5.25. The molecule has 0 radical (unpaired) electrons. The lowest BCUT2D eigenvalue weighted by Gasteiger charge is -2.17. The molecule has 0 saturated carbocycles. The van der Waals surface area contributed by atoms with Crippen molar-refractivity contribution < 1.29 is 4.74 Å². The number of hydrogen-bond donors (Lipinski definition) is 1. The van der Waals surface area contributed by atoms with E-state index in [1.165, 1.54) is 0 Å². The molecule has 1 N–H and O–H groups in total. The van der Waals surface area contributed by atoms with Gasteiger partial charge in [-0.2, -0.15) is 11.8 Å². The standard InChI is InChI=1S/C13H20BrNOS/c1-13(2,3)17-8-7-15-10-5-6-11(14)12(9-10)16-4/h5-6,9,15H,7-8H2,1-4H3. The van der Waals surface area contributed by atoms with Gasteiger partial charge in [0.1, 0.15) is 5.75 Å². The molecule has 0 spiro atoms. The SMILES string of the molecule is COc1cc(NCCSC(C)(C)C)ccc1Br. The van der Waals surface area contributed by atoms with Gasteiger partial charge in [-0.05, 0) is 28.1 Å². The maximum absolute atomic E-state index is 5.25. The lowest BCUT2D eigenvalue weighted by molar-refractivity contribution is 0.412. The molecule has 0 aliphatic heterocycles. The normalized spacial score (nSPS) is 11.4. The molecule has 0 saturated heterocycles. The van der Waals surface area contributed by atoms with Crippen LogP contribution in [0.25, 0.3) is 0 Å². The summed E-state index contributed by atoms with van der Waals surface area (Å²) in [5, 5.41) is 3.40. The molecular formula is C13H20BrNOS. The van der Waals surface area contributed by atoms with Gasteiger partial charge in [0.2, 0.25) is 0 Å². The fourth-order valence-electron chi connectivity index (χ4n) is 1.32. The van der Waals surface area contributed by atoms with E-state index in [9.17, 15) is 0 Å². The number of ether oxygens (including phenoxy) is 1. The van der Waals surface area contributed by atoms with Gasteiger partial charge >= 0.3 is 0 Å². The zero-order valence-corrected chi connectivity index (χ0v) is 13.2. The van der Waals surface area contributed by atoms with E-state index in [2.05, 4.69) is 42.0 Å². The molecule has 2 nitrogen and oxygen atoms in total. The molecule has 0 aliphatic carbocycles. The largest absolute Gasteiger partial charge is 0.495 e. The number of hydrogen-bond acceptors (Lipinski definition) is 3. The highest BCUT2D eigenvalue weighted by atomic mass is 79.9. The van der Waals surface area contributed by atoms with Gasteiger partial charge in [-0.1, -0.05) is 20.8 Å². The summed E-state index contributed by atoms with van der Waals surface area (Å²) < 4.78 is 6.57. The van der Waals surface area contributed by atoms with E-state index < -0.39 is 0 Å². The first-order valence-electron chi connectivity index (χ1n) is 5.64. The first-order chi connectivity index (χ1) is 7.92. The number of rotatable bonds is 5. The van der Waals surface area contributed by atoms with Crippen LogP contribution in [0.2, 0.25) is 0 Å². The lowest BCUT2D eigenvalue weighted by atomic mass is 10.3. The molecule has 0 aliphatic rings. The van der Waals surface area contributed by atoms with E-state index in [0.717, 1.165) is 28.2 Å². The number of nitrogens with one attached hydrogen (secondary N) is 1. The Bertz CT molecular complexity index is 363. The third-order valence-corrected chi connectivity index (χ3v) is 4.05. The maximum Gasteiger partial charge on any atom is 0.135 e. The first-order valence-corrected chi connectivity index (χ1v) is 7.41. The minimum Gasteiger partial charge on any atom is -0.495 e. The van der Waals surface area contributed by atoms with E-state index in [0.29, 0.717) is 4.75 Å². The summed E-state index contributed by atoms with van der Waals surface area (Å²) in [7, 11) is 1.68. The zero-order valence-electron chi connectivity index (χ0n) is 10.8. The Morgan fingerprint density at radius 1 is 1.35 bits per heavy atom. The molecule has 1 rings (SSSR count). The molecule has 0 unspecified atom stereocenters. The van der Waals surface area contributed by atoms with Crippen molar-refractivity contribution in [1.82, 2.24) is 0 Å². The van der Waals surface area contributed by atoms with Crippen molar-refractivity contribution in [3.05, 3.63) is 22.7 Å². The topological polar surface area (TPSA) is 21.3 Å². The highest BCUT2D eigenvalue weighted by Gasteiger charge is 2.09. The molecular weight excluding hydrogens is 298 g/mol. The summed E-state index contributed by atoms with van der Waals surface area (Å²) in [5.41, 5.74) is 1.10. The number of benzene rings is 1. The molecule has 96 valence electrons. The van der Waals surface area contributed by atoms with E-state index in [1.54, 1.807) is 7.11 Å². The molecule has 0 aromatic heterocycles. The van der Waals surface area contributed by atoms with Gasteiger partial charge in [-0.3, -0.25) is 0 Å². The fourth-order valence-corrected chi connectivity index (χ4v) is 2.55. The average molecular weight is 318 g/mol. The molecule has 4 heteroatoms. The van der Waals surface area contributed by atoms with Crippen molar-refractivity contribution in [2.45, 2.75) is 25.5 Å². The van der Waals surface area contributed by atoms with E-state index in [4.69, 9.17) is 4.74 Å². The third-order valence-electron chi connectivity index (χ3n) is 2.12. The van der Waals surface area contributed by atoms with Crippen molar-refractivity contribution >= 4 is 33.4 Å². The zero-order chi connectivity index (χ0) is 12.9. The van der Waals surface area contributed by atoms with Crippen LogP contribution in [0.15, 0.2) is 22.7 Å². The van der Waals surface area contributed by atoms with Gasteiger partial charge in [-0.25, -0.2) is 0 Å². The summed E-state index contributed by atoms with van der Waals surface area (Å²) >= 11 is 5.40. The Kier molecular flexibility index (Phi) is 5.67. The smallest absolute Gasteiger partial charge is 0.135 e. The fraction of sp³-hybridized carbons (Fsp3) is 0.538. The molecule has 0 heterocycles. The highest BCUT2D eigenvalue weighted by molar-refractivity contribution is 9.10. The van der Waals surface area contributed by atoms with Crippen LogP contribution in [0.1, 0.15) is 20.8 Å². The van der Waals surface area contributed by atoms with Crippen LogP contribution in [0.3, 0.4) is 0 Å². The average Bonchev–Trinajstić information content (AvgIpc) is 2.25. The van der Waals surface area contributed by atoms with E-state index in [1.807, 2.05) is 30.0 Å². The molecule has 1 aromatic carbocycles. The Morgan fingerprint density at radius 3 is 2.65 bits per heavy atom. The van der Waals surface area contributed by atoms with Gasteiger partial charge in [-0.15, -0.1) is 0 Å². The number of anilines is 1. The number of halogens is 1. The van der Waals surface area contributed by atoms with Crippen molar-refractivity contribution in [3.8, 4) is 5.75 Å². The van der Waals surface area contributed by atoms with Crippen molar-refractivity contribution in [2.75, 3.05) is 24.7 Å². The molecule has 0 bridgehead atoms. The van der Waals surface area contributed by atoms with E-state index in [-0.39, 0.29) is 0 Å². The summed E-state index contributed by atoms with van der Waals surface area (Å²) in [6.07, 6.45) is 0. The summed E-state index contributed by atoms with van der Waals surface area (Å²) in [6, 6.07) is 6.05. The summed E-state index contributed by atoms with van der Waals surface area (Å²) in [4.78, 5) is 0. The van der Waals surface area contributed by atoms with Gasteiger partial charge in [0, 0.05) is 28.8 Å². The van der Waals surface area contributed by atoms with Crippen LogP contribution in [0, 0.1) is 0 Å². The second-order valence-corrected chi connectivity index (χ2v) is 7.51. The predicted molar refractivity (Wildman–Crippen MR) is 81.4 cm³/mol. The van der Waals surface area contributed by atoms with Crippen LogP contribution in [0.4, 0.5) is 5.69 Å². The molecule has 0 amide bonds. The quantitative estimate of drug-likeness (QED) is 0.813. The predicted octanol–water partition coefficient (Wildman–Crippen LogP) is 4.40. The van der Waals surface area contributed by atoms with Gasteiger partial charge in [0.05, 0.1) is 11.6 Å². The van der Waals surface area contributed by atoms with Crippen LogP contribution < -0.4 is 10.1 Å². The highest BCUT2D eigenvalue weighted by Crippen LogP contribution is 2.28. The second-order valence-electron chi connectivity index (χ2n) is 4.74. The Morgan fingerprint density at radius 2 is 2.06 bits per heavy atom. The Balaban J connectivity index is 2.42. The molecule has 0 atom stereocenters. The third kappa shape index (κ3) is 5.68. The first kappa shape index (κ1) is 14.7. The van der Waals surface area contributed by atoms with Crippen LogP contribution >= 0.6 is 27.7 Å². The van der Waals surface area contributed by atoms with E-state index >= 15 is 0 Å². The number of methoxy groups -OCH3 is 1. The Labute approximate surface area is 117 Å². The van der Waals surface area contributed by atoms with Crippen LogP contribution in [0.5, 0.6) is 5.75 Å². The molecule has 0 fully saturated rings.